The van der Waals surface area contributed by atoms with Crippen molar-refractivity contribution in [2.75, 3.05) is 134 Å². The third-order valence-corrected chi connectivity index (χ3v) is 3.85. The second-order valence-electron chi connectivity index (χ2n) is 9.94. The number of ether oxygens (including phenoxy) is 4. The van der Waals surface area contributed by atoms with Crippen LogP contribution in [0.5, 0.6) is 0 Å². The molecule has 0 radical (unpaired) electrons. The van der Waals surface area contributed by atoms with Gasteiger partial charge >= 0.3 is 36.2 Å². The van der Waals surface area contributed by atoms with E-state index < -0.39 is 12.2 Å². The summed E-state index contributed by atoms with van der Waals surface area (Å²) in [5, 5.41) is 9.41. The van der Waals surface area contributed by atoms with Crippen molar-refractivity contribution in [3.05, 3.63) is 0 Å². The van der Waals surface area contributed by atoms with Crippen molar-refractivity contribution >= 4 is 48.0 Å². The van der Waals surface area contributed by atoms with Gasteiger partial charge in [0.25, 0.3) is 0 Å². The molecule has 0 bridgehead atoms. The van der Waals surface area contributed by atoms with Crippen LogP contribution in [0.3, 0.4) is 0 Å². The third kappa shape index (κ3) is 220. The van der Waals surface area contributed by atoms with Gasteiger partial charge in [0, 0.05) is 112 Å². The number of methoxy groups -OCH3 is 4. The summed E-state index contributed by atoms with van der Waals surface area (Å²) in [6.07, 6.45) is -0.815. The SMILES string of the molecule is C.C.C.C.C.C.C.C.C.C.CC(=O)N(C)C.CC(=O)N(C)C.CN(C)C.CNC(=O)N(C)C.CNC(=O)N(C)C.CNC(=O)OC.CNC(=O)OC.COC(C)=O.COC(C)=O. The molecule has 0 aromatic rings. The second kappa shape index (κ2) is 96.0. The van der Waals surface area contributed by atoms with Gasteiger partial charge in [-0.25, -0.2) is 19.2 Å². The molecule has 4 N–H and O–H groups in total. The molecule has 0 heterocycles. The number of hydrogen-bond donors (Lipinski definition) is 4. The number of carbonyl (C=O) groups excluding carboxylic acids is 8. The molecular formula is C41H113N9O12. The molecule has 0 spiro atoms. The van der Waals surface area contributed by atoms with Crippen LogP contribution in [0.1, 0.15) is 102 Å². The number of hydrogen-bond acceptors (Lipinski definition) is 13. The van der Waals surface area contributed by atoms with Gasteiger partial charge in [-0.3, -0.25) is 19.2 Å². The van der Waals surface area contributed by atoms with Crippen LogP contribution in [-0.4, -0.2) is 207 Å². The Morgan fingerprint density at radius 1 is 0.323 bits per heavy atom. The van der Waals surface area contributed by atoms with Gasteiger partial charge in [0.1, 0.15) is 0 Å². The average molecular weight is 924 g/mol. The number of carbonyl (C=O) groups is 8. The number of alkyl carbamates (subject to hydrolysis) is 2. The Hall–Kier alpha value is -5.08. The fraction of sp³-hybridized carbons (Fsp3) is 0.805. The highest BCUT2D eigenvalue weighted by atomic mass is 16.5. The summed E-state index contributed by atoms with van der Waals surface area (Å²) in [7, 11) is 31.2. The fourth-order valence-electron chi connectivity index (χ4n) is 0.651. The maximum Gasteiger partial charge on any atom is 0.406 e. The molecule has 21 nitrogen and oxygen atoms in total. The minimum Gasteiger partial charge on any atom is -0.469 e. The van der Waals surface area contributed by atoms with E-state index in [0.717, 1.165) is 0 Å². The van der Waals surface area contributed by atoms with E-state index in [0.29, 0.717) is 0 Å². The zero-order chi connectivity index (χ0) is 44.2. The van der Waals surface area contributed by atoms with Crippen LogP contribution in [0.25, 0.3) is 0 Å². The van der Waals surface area contributed by atoms with Crippen molar-refractivity contribution in [2.24, 2.45) is 0 Å². The van der Waals surface area contributed by atoms with E-state index in [1.807, 2.05) is 26.0 Å². The van der Waals surface area contributed by atoms with E-state index >= 15 is 0 Å². The van der Waals surface area contributed by atoms with Crippen LogP contribution in [0.2, 0.25) is 0 Å². The minimum absolute atomic E-state index is 0. The summed E-state index contributed by atoms with van der Waals surface area (Å²) in [4.78, 5) is 87.7. The van der Waals surface area contributed by atoms with E-state index in [1.165, 1.54) is 89.8 Å². The van der Waals surface area contributed by atoms with Gasteiger partial charge in [-0.1, -0.05) is 74.3 Å². The van der Waals surface area contributed by atoms with Gasteiger partial charge in [-0.15, -0.1) is 0 Å². The Morgan fingerprint density at radius 3 is 0.452 bits per heavy atom. The molecule has 0 rings (SSSR count). The summed E-state index contributed by atoms with van der Waals surface area (Å²) < 4.78 is 16.5. The summed E-state index contributed by atoms with van der Waals surface area (Å²) in [6.45, 7) is 5.78. The molecule has 0 atom stereocenters. The van der Waals surface area contributed by atoms with Crippen molar-refractivity contribution in [1.82, 2.24) is 45.8 Å². The molecule has 8 amide bonds. The number of esters is 2. The molecule has 21 heteroatoms. The second-order valence-corrected chi connectivity index (χ2v) is 9.94. The van der Waals surface area contributed by atoms with Crippen LogP contribution in [-0.2, 0) is 38.1 Å². The smallest absolute Gasteiger partial charge is 0.406 e. The molecular weight excluding hydrogens is 811 g/mol. The molecule has 0 aliphatic carbocycles. The number of nitrogens with zero attached hydrogens (tertiary/aromatic N) is 5. The largest absolute Gasteiger partial charge is 0.469 e. The Balaban J connectivity index is -0.0000000194. The fourth-order valence-corrected chi connectivity index (χ4v) is 0.651. The van der Waals surface area contributed by atoms with Crippen molar-refractivity contribution < 1.29 is 57.3 Å². The molecule has 0 aromatic carbocycles. The number of rotatable bonds is 0. The molecule has 0 aliphatic rings. The third-order valence-electron chi connectivity index (χ3n) is 3.85. The Kier molecular flexibility index (Phi) is 192. The first-order valence-electron chi connectivity index (χ1n) is 14.9. The van der Waals surface area contributed by atoms with Crippen molar-refractivity contribution in [1.29, 1.82) is 0 Å². The van der Waals surface area contributed by atoms with Gasteiger partial charge in [0.05, 0.1) is 28.4 Å². The van der Waals surface area contributed by atoms with E-state index in [1.54, 1.807) is 70.5 Å². The molecule has 0 fully saturated rings. The van der Waals surface area contributed by atoms with E-state index in [-0.39, 0.29) is 110 Å². The van der Waals surface area contributed by atoms with Crippen molar-refractivity contribution in [3.63, 3.8) is 0 Å². The molecule has 0 saturated heterocycles. The highest BCUT2D eigenvalue weighted by Gasteiger charge is 1.95. The number of amides is 8. The molecule has 394 valence electrons. The van der Waals surface area contributed by atoms with E-state index in [9.17, 15) is 38.4 Å². The first-order valence-corrected chi connectivity index (χ1v) is 14.9. The zero-order valence-electron chi connectivity index (χ0n) is 36.1. The number of nitrogens with one attached hydrogen (secondary N) is 4. The standard InChI is InChI=1S/2C4H10N2O.2C4H9NO.2C3H7NO2.C3H9N.2C3H6O2.10CH4/c2*1-5-4(7)6(2)3;2*1-4(6)5(2)3;2*1-4-3(5)6-2;1-4(2)3;2*1-3(4)5-2;;;;;;;;;;/h2*1-3H3,(H,5,7);2*1-3H3;2*1-2H3,(H,4,5);1-3H3;2*1-2H3;10*1H4. The van der Waals surface area contributed by atoms with Gasteiger partial charge in [0.15, 0.2) is 0 Å². The Labute approximate surface area is 386 Å². The molecule has 62 heavy (non-hydrogen) atoms. The summed E-state index contributed by atoms with van der Waals surface area (Å²) in [5.41, 5.74) is 0. The average Bonchev–Trinajstić information content (AvgIpc) is 3.07. The van der Waals surface area contributed by atoms with Crippen LogP contribution in [0.15, 0.2) is 0 Å². The predicted molar refractivity (Wildman–Crippen MR) is 270 cm³/mol. The molecule has 0 unspecified atom stereocenters. The molecule has 0 aromatic heterocycles. The molecule has 0 aliphatic heterocycles. The van der Waals surface area contributed by atoms with Gasteiger partial charge in [0.2, 0.25) is 11.8 Å². The lowest BCUT2D eigenvalue weighted by atomic mass is 10.7. The normalized spacial score (nSPS) is 6.32. The summed E-state index contributed by atoms with van der Waals surface area (Å²) in [5.74, 6) is -0.306. The monoisotopic (exact) mass is 924 g/mol. The predicted octanol–water partition coefficient (Wildman–Crippen LogP) is 6.81. The number of urea groups is 2. The van der Waals surface area contributed by atoms with Gasteiger partial charge in [-0.05, 0) is 21.1 Å². The van der Waals surface area contributed by atoms with E-state index in [4.69, 9.17) is 0 Å². The quantitative estimate of drug-likeness (QED) is 0.145. The van der Waals surface area contributed by atoms with Crippen LogP contribution < -0.4 is 21.3 Å². The lowest BCUT2D eigenvalue weighted by molar-refractivity contribution is -0.138. The van der Waals surface area contributed by atoms with Crippen LogP contribution in [0, 0.1) is 0 Å². The van der Waals surface area contributed by atoms with Crippen molar-refractivity contribution in [3.8, 4) is 0 Å². The van der Waals surface area contributed by atoms with Gasteiger partial charge < -0.3 is 64.7 Å². The topological polar surface area (TPSA) is 238 Å². The van der Waals surface area contributed by atoms with E-state index in [2.05, 4.69) is 40.2 Å². The first-order chi connectivity index (χ1) is 23.5. The summed E-state index contributed by atoms with van der Waals surface area (Å²) in [6, 6.07) is -0.139. The summed E-state index contributed by atoms with van der Waals surface area (Å²) >= 11 is 0. The Bertz CT molecular complexity index is 822. The molecule has 0 saturated carbocycles. The highest BCUT2D eigenvalue weighted by molar-refractivity contribution is 5.73. The van der Waals surface area contributed by atoms with Crippen LogP contribution in [0.4, 0.5) is 19.2 Å². The lowest BCUT2D eigenvalue weighted by Crippen LogP contribution is -2.31. The maximum absolute atomic E-state index is 10.3. The van der Waals surface area contributed by atoms with Crippen molar-refractivity contribution in [2.45, 2.75) is 102 Å². The first kappa shape index (κ1) is 124. The maximum atomic E-state index is 10.3. The minimum atomic E-state index is -0.407. The van der Waals surface area contributed by atoms with Crippen LogP contribution >= 0.6 is 0 Å². The lowest BCUT2D eigenvalue weighted by Gasteiger charge is -2.06. The highest BCUT2D eigenvalue weighted by Crippen LogP contribution is 1.72. The Morgan fingerprint density at radius 2 is 0.452 bits per heavy atom. The zero-order valence-corrected chi connectivity index (χ0v) is 36.1. The van der Waals surface area contributed by atoms with Gasteiger partial charge in [-0.2, -0.15) is 0 Å².